The number of benzene rings is 3. The van der Waals surface area contributed by atoms with Crippen LogP contribution < -0.4 is 20.9 Å². The van der Waals surface area contributed by atoms with Gasteiger partial charge in [-0.25, -0.2) is 4.39 Å². The largest absolute Gasteiger partial charge is 0.352 e. The summed E-state index contributed by atoms with van der Waals surface area (Å²) in [5.41, 5.74) is 2.52. The number of rotatable bonds is 9. The summed E-state index contributed by atoms with van der Waals surface area (Å²) in [6.07, 6.45) is 6.52. The second-order valence-corrected chi connectivity index (χ2v) is 14.4. The molecule has 0 unspecified atom stereocenters. The fraction of sp³-hybridized carbons (Fsp3) is 0.450. The minimum Gasteiger partial charge on any atom is -0.352 e. The second-order valence-electron chi connectivity index (χ2n) is 14.4. The zero-order valence-corrected chi connectivity index (χ0v) is 29.0. The van der Waals surface area contributed by atoms with E-state index in [1.807, 2.05) is 54.6 Å². The number of hydrogen-bond acceptors (Lipinski definition) is 6. The fourth-order valence-electron chi connectivity index (χ4n) is 8.33. The molecule has 11 heteroatoms. The first kappa shape index (κ1) is 34.7. The van der Waals surface area contributed by atoms with Gasteiger partial charge in [0, 0.05) is 37.8 Å². The van der Waals surface area contributed by atoms with Gasteiger partial charge in [-0.2, -0.15) is 0 Å². The third-order valence-electron chi connectivity index (χ3n) is 11.2. The highest BCUT2D eigenvalue weighted by Gasteiger charge is 2.54. The minimum atomic E-state index is -0.994. The number of piperidine rings is 1. The third kappa shape index (κ3) is 7.49. The Labute approximate surface area is 298 Å². The summed E-state index contributed by atoms with van der Waals surface area (Å²) in [5, 5.41) is 9.40. The first-order valence-corrected chi connectivity index (χ1v) is 18.3. The summed E-state index contributed by atoms with van der Waals surface area (Å²) in [6.45, 7) is 1.35. The Kier molecular flexibility index (Phi) is 10.4. The predicted octanol–water partition coefficient (Wildman–Crippen LogP) is 3.68. The Morgan fingerprint density at radius 2 is 1.57 bits per heavy atom. The number of nitrogens with one attached hydrogen (secondary N) is 3. The number of hydrogen-bond donors (Lipinski definition) is 3. The normalized spacial score (nSPS) is 20.9. The molecule has 0 aromatic heterocycles. The molecule has 2 saturated heterocycles. The first-order valence-electron chi connectivity index (χ1n) is 18.3. The van der Waals surface area contributed by atoms with Gasteiger partial charge in [0.25, 0.3) is 5.91 Å². The molecule has 3 aliphatic heterocycles. The van der Waals surface area contributed by atoms with E-state index in [-0.39, 0.29) is 62.4 Å². The molecule has 2 atom stereocenters. The van der Waals surface area contributed by atoms with Crippen molar-refractivity contribution in [1.29, 1.82) is 0 Å². The number of likely N-dealkylation sites (tertiary alicyclic amines) is 1. The molecule has 51 heavy (non-hydrogen) atoms. The maximum absolute atomic E-state index is 14.9. The molecular formula is C40H47FN6O4. The van der Waals surface area contributed by atoms with E-state index in [0.29, 0.717) is 31.4 Å². The lowest BCUT2D eigenvalue weighted by molar-refractivity contribution is -0.141. The van der Waals surface area contributed by atoms with E-state index < -0.39 is 23.4 Å². The number of amides is 4. The maximum atomic E-state index is 14.9. The van der Waals surface area contributed by atoms with Crippen LogP contribution in [0.2, 0.25) is 0 Å². The molecule has 3 aromatic rings. The van der Waals surface area contributed by atoms with E-state index >= 15 is 0 Å². The van der Waals surface area contributed by atoms with Gasteiger partial charge in [0.2, 0.25) is 17.7 Å². The molecule has 3 aromatic carbocycles. The molecule has 1 spiro atoms. The molecule has 4 aliphatic rings. The van der Waals surface area contributed by atoms with Crippen molar-refractivity contribution in [3.8, 4) is 0 Å². The standard InChI is InChI=1S/C40H47FN6O4/c41-33-18-10-9-12-29(33)24-35(44-37(49)34-23-28-11-7-8-13-30(28)25-42-34)38(50)45-21-19-40(20-22-45)39(51)46(27-47(40)32-16-5-2-6-17-32)26-36(48)43-31-14-3-1-4-15-31/h2,5-13,16-18,31,34-35,42H,1,3-4,14-15,19-27H2,(H,43,48)(H,44,49)/t34-,35-/m1/s1. The van der Waals surface area contributed by atoms with Crippen molar-refractivity contribution < 1.29 is 23.6 Å². The first-order chi connectivity index (χ1) is 24.8. The van der Waals surface area contributed by atoms with Crippen molar-refractivity contribution in [1.82, 2.24) is 25.8 Å². The van der Waals surface area contributed by atoms with Crippen LogP contribution in [0.25, 0.3) is 0 Å². The maximum Gasteiger partial charge on any atom is 0.250 e. The van der Waals surface area contributed by atoms with Gasteiger partial charge in [-0.3, -0.25) is 19.2 Å². The lowest BCUT2D eigenvalue weighted by Crippen LogP contribution is -2.61. The number of carbonyl (C=O) groups excluding carboxylic acids is 4. The average molecular weight is 695 g/mol. The van der Waals surface area contributed by atoms with Crippen molar-refractivity contribution in [2.45, 2.75) is 88.0 Å². The Morgan fingerprint density at radius 1 is 0.882 bits per heavy atom. The Morgan fingerprint density at radius 3 is 2.31 bits per heavy atom. The number of nitrogens with zero attached hydrogens (tertiary/aromatic N) is 3. The van der Waals surface area contributed by atoms with Gasteiger partial charge in [-0.05, 0) is 67.0 Å². The highest BCUT2D eigenvalue weighted by molar-refractivity contribution is 5.97. The van der Waals surface area contributed by atoms with Crippen LogP contribution in [0.4, 0.5) is 10.1 Å². The average Bonchev–Trinajstić information content (AvgIpc) is 3.41. The van der Waals surface area contributed by atoms with Crippen LogP contribution in [0.3, 0.4) is 0 Å². The van der Waals surface area contributed by atoms with E-state index in [2.05, 4.69) is 20.9 Å². The molecular weight excluding hydrogens is 647 g/mol. The summed E-state index contributed by atoms with van der Waals surface area (Å²) >= 11 is 0. The van der Waals surface area contributed by atoms with Gasteiger partial charge in [0.05, 0.1) is 12.7 Å². The number of para-hydroxylation sites is 1. The van der Waals surface area contributed by atoms with Crippen LogP contribution in [0.15, 0.2) is 78.9 Å². The van der Waals surface area contributed by atoms with Gasteiger partial charge in [0.1, 0.15) is 23.9 Å². The van der Waals surface area contributed by atoms with Crippen LogP contribution >= 0.6 is 0 Å². The highest BCUT2D eigenvalue weighted by atomic mass is 19.1. The van der Waals surface area contributed by atoms with E-state index in [1.54, 1.807) is 28.0 Å². The molecule has 4 amide bonds. The highest BCUT2D eigenvalue weighted by Crippen LogP contribution is 2.39. The van der Waals surface area contributed by atoms with Gasteiger partial charge in [-0.1, -0.05) is 79.9 Å². The molecule has 1 aliphatic carbocycles. The molecule has 7 rings (SSSR count). The SMILES string of the molecule is O=C(CN1CN(c2ccccc2)C2(CCN(C(=O)[C@@H](Cc3ccccc3F)NC(=O)[C@H]3Cc4ccccc4CN3)CC2)C1=O)NC1CCCCC1. The van der Waals surface area contributed by atoms with Gasteiger partial charge >= 0.3 is 0 Å². The van der Waals surface area contributed by atoms with E-state index in [1.165, 1.54) is 12.5 Å². The zero-order chi connectivity index (χ0) is 35.4. The smallest absolute Gasteiger partial charge is 0.250 e. The van der Waals surface area contributed by atoms with Crippen LogP contribution in [-0.4, -0.2) is 83.4 Å². The molecule has 3 fully saturated rings. The van der Waals surface area contributed by atoms with Crippen molar-refractivity contribution >= 4 is 29.3 Å². The number of anilines is 1. The van der Waals surface area contributed by atoms with Crippen molar-refractivity contribution in [2.24, 2.45) is 0 Å². The lowest BCUT2D eigenvalue weighted by atomic mass is 9.85. The number of halogens is 1. The van der Waals surface area contributed by atoms with E-state index in [0.717, 1.165) is 42.5 Å². The Bertz CT molecular complexity index is 1740. The molecule has 1 saturated carbocycles. The summed E-state index contributed by atoms with van der Waals surface area (Å²) in [5.74, 6) is -1.31. The van der Waals surface area contributed by atoms with E-state index in [9.17, 15) is 23.6 Å². The summed E-state index contributed by atoms with van der Waals surface area (Å²) in [4.78, 5) is 60.8. The second kappa shape index (κ2) is 15.2. The van der Waals surface area contributed by atoms with Crippen LogP contribution in [-0.2, 0) is 38.6 Å². The monoisotopic (exact) mass is 694 g/mol. The number of fused-ring (bicyclic) bond motifs is 1. The molecule has 0 bridgehead atoms. The Balaban J connectivity index is 1.07. The van der Waals surface area contributed by atoms with Crippen molar-refractivity contribution in [3.63, 3.8) is 0 Å². The summed E-state index contributed by atoms with van der Waals surface area (Å²) in [6, 6.07) is 22.6. The van der Waals surface area contributed by atoms with Crippen LogP contribution in [0, 0.1) is 5.82 Å². The zero-order valence-electron chi connectivity index (χ0n) is 29.0. The van der Waals surface area contributed by atoms with Gasteiger partial charge in [0.15, 0.2) is 0 Å². The van der Waals surface area contributed by atoms with E-state index in [4.69, 9.17) is 0 Å². The summed E-state index contributed by atoms with van der Waals surface area (Å²) in [7, 11) is 0. The number of carbonyl (C=O) groups is 4. The van der Waals surface area contributed by atoms with Crippen molar-refractivity contribution in [2.75, 3.05) is 31.2 Å². The fourth-order valence-corrected chi connectivity index (χ4v) is 8.33. The topological polar surface area (TPSA) is 114 Å². The molecule has 3 heterocycles. The summed E-state index contributed by atoms with van der Waals surface area (Å²) < 4.78 is 14.9. The lowest BCUT2D eigenvalue weighted by Gasteiger charge is -2.44. The quantitative estimate of drug-likeness (QED) is 0.315. The Hall–Kier alpha value is -4.77. The molecule has 0 radical (unpaired) electrons. The van der Waals surface area contributed by atoms with Crippen LogP contribution in [0.5, 0.6) is 0 Å². The van der Waals surface area contributed by atoms with Crippen molar-refractivity contribution in [3.05, 3.63) is 101 Å². The minimum absolute atomic E-state index is 0.00114. The molecule has 3 N–H and O–H groups in total. The predicted molar refractivity (Wildman–Crippen MR) is 192 cm³/mol. The van der Waals surface area contributed by atoms with Gasteiger partial charge < -0.3 is 30.7 Å². The molecule has 10 nitrogen and oxygen atoms in total. The van der Waals surface area contributed by atoms with Gasteiger partial charge in [-0.15, -0.1) is 0 Å². The van der Waals surface area contributed by atoms with Crippen LogP contribution in [0.1, 0.15) is 61.6 Å². The third-order valence-corrected chi connectivity index (χ3v) is 11.2. The molecule has 268 valence electrons.